The highest BCUT2D eigenvalue weighted by molar-refractivity contribution is 7.80. The summed E-state index contributed by atoms with van der Waals surface area (Å²) in [6.45, 7) is 1.25. The average Bonchev–Trinajstić information content (AvgIpc) is 2.53. The molecule has 2 rings (SSSR count). The van der Waals surface area contributed by atoms with Crippen LogP contribution in [0.4, 0.5) is 13.2 Å². The highest BCUT2D eigenvalue weighted by Gasteiger charge is 2.66. The molecule has 0 spiro atoms. The second-order valence-electron chi connectivity index (χ2n) is 5.50. The molecule has 1 aliphatic heterocycles. The molecule has 26 heavy (non-hydrogen) atoms. The van der Waals surface area contributed by atoms with Crippen LogP contribution in [0.25, 0.3) is 0 Å². The molecule has 0 amide bonds. The van der Waals surface area contributed by atoms with E-state index in [1.165, 1.54) is 32.2 Å². The summed E-state index contributed by atoms with van der Waals surface area (Å²) in [7, 11) is 1.26. The maximum atomic E-state index is 13.6. The second kappa shape index (κ2) is 7.16. The Morgan fingerprint density at radius 2 is 2.08 bits per heavy atom. The fraction of sp³-hybridized carbons (Fsp3) is 0.467. The lowest BCUT2D eigenvalue weighted by atomic mass is 9.82. The van der Waals surface area contributed by atoms with Crippen LogP contribution in [0.1, 0.15) is 18.5 Å². The molecule has 1 fully saturated rings. The van der Waals surface area contributed by atoms with Gasteiger partial charge in [0.25, 0.3) is 5.72 Å². The van der Waals surface area contributed by atoms with Crippen LogP contribution in [0.2, 0.25) is 0 Å². The first kappa shape index (κ1) is 20.0. The van der Waals surface area contributed by atoms with Crippen LogP contribution in [0.3, 0.4) is 0 Å². The van der Waals surface area contributed by atoms with E-state index in [0.29, 0.717) is 0 Å². The van der Waals surface area contributed by atoms with Gasteiger partial charge in [-0.1, -0.05) is 6.07 Å². The lowest BCUT2D eigenvalue weighted by Gasteiger charge is -2.45. The number of hydrogen-bond donors (Lipinski definition) is 4. The van der Waals surface area contributed by atoms with E-state index >= 15 is 0 Å². The number of esters is 1. The minimum Gasteiger partial charge on any atom is -0.504 e. The largest absolute Gasteiger partial charge is 0.504 e. The van der Waals surface area contributed by atoms with Gasteiger partial charge >= 0.3 is 12.1 Å². The van der Waals surface area contributed by atoms with Gasteiger partial charge in [-0.2, -0.15) is 13.2 Å². The summed E-state index contributed by atoms with van der Waals surface area (Å²) in [5, 5.41) is 23.8. The first-order valence-corrected chi connectivity index (χ1v) is 7.87. The molecule has 144 valence electrons. The van der Waals surface area contributed by atoms with Crippen molar-refractivity contribution in [2.45, 2.75) is 24.9 Å². The third kappa shape index (κ3) is 3.49. The van der Waals surface area contributed by atoms with Gasteiger partial charge in [0.2, 0.25) is 0 Å². The monoisotopic (exact) mass is 394 g/mol. The minimum atomic E-state index is -5.23. The number of carbonyl (C=O) groups is 1. The highest BCUT2D eigenvalue weighted by atomic mass is 32.1. The summed E-state index contributed by atoms with van der Waals surface area (Å²) < 4.78 is 50.4. The van der Waals surface area contributed by atoms with Gasteiger partial charge in [-0.25, -0.2) is 0 Å². The van der Waals surface area contributed by atoms with Gasteiger partial charge in [-0.05, 0) is 36.8 Å². The van der Waals surface area contributed by atoms with Gasteiger partial charge in [-0.3, -0.25) is 4.79 Å². The zero-order chi connectivity index (χ0) is 19.7. The number of benzene rings is 1. The Kier molecular flexibility index (Phi) is 5.52. The van der Waals surface area contributed by atoms with Gasteiger partial charge in [0.1, 0.15) is 5.92 Å². The van der Waals surface area contributed by atoms with E-state index in [4.69, 9.17) is 21.7 Å². The van der Waals surface area contributed by atoms with Crippen LogP contribution in [0, 0.1) is 5.92 Å². The standard InChI is InChI=1S/C15H17F3N2O5S/c1-3-25-12(22)10-11(7-4-5-8(21)9(6-7)24-2)19-13(26)20-14(10,23)15(16,17)18/h4-6,10-11,21,23H,3H2,1-2H3,(H2,19,20,26)/t10-,11-,14+/m1/s1. The first-order chi connectivity index (χ1) is 12.0. The number of aliphatic hydroxyl groups is 1. The molecule has 0 saturated carbocycles. The summed E-state index contributed by atoms with van der Waals surface area (Å²) in [6.07, 6.45) is -5.23. The van der Waals surface area contributed by atoms with E-state index in [1.54, 1.807) is 5.32 Å². The number of thiocarbonyl (C=S) groups is 1. The summed E-state index contributed by atoms with van der Waals surface area (Å²) >= 11 is 4.78. The smallest absolute Gasteiger partial charge is 0.437 e. The Hall–Kier alpha value is -2.27. The van der Waals surface area contributed by atoms with E-state index in [1.807, 2.05) is 0 Å². The van der Waals surface area contributed by atoms with Crippen LogP contribution >= 0.6 is 12.2 Å². The molecule has 0 radical (unpaired) electrons. The van der Waals surface area contributed by atoms with E-state index < -0.39 is 34.9 Å². The fourth-order valence-electron chi connectivity index (χ4n) is 2.70. The SMILES string of the molecule is CCOC(=O)[C@H]1[C@@H](c2ccc(O)c(OC)c2)NC(=S)N[C@@]1(O)C(F)(F)F. The summed E-state index contributed by atoms with van der Waals surface area (Å²) in [5.41, 5.74) is -3.51. The van der Waals surface area contributed by atoms with Crippen molar-refractivity contribution in [3.8, 4) is 11.5 Å². The van der Waals surface area contributed by atoms with Crippen molar-refractivity contribution >= 4 is 23.3 Å². The number of phenolic OH excluding ortho intramolecular Hbond substituents is 1. The van der Waals surface area contributed by atoms with Gasteiger partial charge < -0.3 is 30.3 Å². The average molecular weight is 394 g/mol. The number of phenols is 1. The molecule has 1 saturated heterocycles. The van der Waals surface area contributed by atoms with Crippen molar-refractivity contribution in [1.82, 2.24) is 10.6 Å². The van der Waals surface area contributed by atoms with Crippen molar-refractivity contribution < 1.29 is 37.7 Å². The number of hydrogen-bond acceptors (Lipinski definition) is 6. The van der Waals surface area contributed by atoms with Gasteiger partial charge in [0, 0.05) is 0 Å². The topological polar surface area (TPSA) is 100 Å². The summed E-state index contributed by atoms with van der Waals surface area (Å²) in [5.74, 6) is -3.64. The minimum absolute atomic E-state index is 0.0214. The number of aromatic hydroxyl groups is 1. The van der Waals surface area contributed by atoms with Gasteiger partial charge in [0.15, 0.2) is 16.6 Å². The number of halogens is 3. The molecule has 0 aromatic heterocycles. The zero-order valence-corrected chi connectivity index (χ0v) is 14.6. The Morgan fingerprint density at radius 3 is 2.62 bits per heavy atom. The van der Waals surface area contributed by atoms with Crippen molar-refractivity contribution in [3.05, 3.63) is 23.8 Å². The third-order valence-corrected chi connectivity index (χ3v) is 4.13. The molecule has 11 heteroatoms. The maximum absolute atomic E-state index is 13.6. The number of alkyl halides is 3. The van der Waals surface area contributed by atoms with Crippen LogP contribution < -0.4 is 15.4 Å². The van der Waals surface area contributed by atoms with Gasteiger partial charge in [-0.15, -0.1) is 0 Å². The highest BCUT2D eigenvalue weighted by Crippen LogP contribution is 2.44. The molecule has 1 aromatic carbocycles. The first-order valence-electron chi connectivity index (χ1n) is 7.46. The summed E-state index contributed by atoms with van der Waals surface area (Å²) in [4.78, 5) is 12.3. The predicted octanol–water partition coefficient (Wildman–Crippen LogP) is 1.35. The Balaban J connectivity index is 2.60. The van der Waals surface area contributed by atoms with Crippen molar-refractivity contribution in [1.29, 1.82) is 0 Å². The number of carbonyl (C=O) groups excluding carboxylic acids is 1. The number of nitrogens with one attached hydrogen (secondary N) is 2. The van der Waals surface area contributed by atoms with Crippen molar-refractivity contribution in [2.75, 3.05) is 13.7 Å². The van der Waals surface area contributed by atoms with E-state index in [9.17, 15) is 28.2 Å². The van der Waals surface area contributed by atoms with Crippen molar-refractivity contribution in [2.24, 2.45) is 5.92 Å². The normalized spacial score (nSPS) is 25.8. The molecule has 1 aromatic rings. The van der Waals surface area contributed by atoms with E-state index in [0.717, 1.165) is 0 Å². The van der Waals surface area contributed by atoms with Crippen LogP contribution in [0.5, 0.6) is 11.5 Å². The number of methoxy groups -OCH3 is 1. The Morgan fingerprint density at radius 1 is 1.42 bits per heavy atom. The molecule has 0 bridgehead atoms. The van der Waals surface area contributed by atoms with Crippen LogP contribution in [0.15, 0.2) is 18.2 Å². The molecule has 3 atom stereocenters. The van der Waals surface area contributed by atoms with E-state index in [-0.39, 0.29) is 23.7 Å². The summed E-state index contributed by atoms with van der Waals surface area (Å²) in [6, 6.07) is 2.33. The second-order valence-corrected chi connectivity index (χ2v) is 5.91. The molecule has 0 unspecified atom stereocenters. The molecule has 1 aliphatic rings. The number of rotatable bonds is 4. The quantitative estimate of drug-likeness (QED) is 0.449. The lowest BCUT2D eigenvalue weighted by molar-refractivity contribution is -0.292. The Labute approximate surface area is 152 Å². The van der Waals surface area contributed by atoms with E-state index in [2.05, 4.69) is 5.32 Å². The molecule has 0 aliphatic carbocycles. The van der Waals surface area contributed by atoms with Crippen LogP contribution in [-0.4, -0.2) is 46.9 Å². The number of ether oxygens (including phenoxy) is 2. The maximum Gasteiger partial charge on any atom is 0.437 e. The Bertz CT molecular complexity index is 715. The zero-order valence-electron chi connectivity index (χ0n) is 13.8. The van der Waals surface area contributed by atoms with Crippen molar-refractivity contribution in [3.63, 3.8) is 0 Å². The predicted molar refractivity (Wildman–Crippen MR) is 87.4 cm³/mol. The molecular weight excluding hydrogens is 377 g/mol. The van der Waals surface area contributed by atoms with Crippen LogP contribution in [-0.2, 0) is 9.53 Å². The van der Waals surface area contributed by atoms with Gasteiger partial charge in [0.05, 0.1) is 19.8 Å². The molecular formula is C15H17F3N2O5S. The molecule has 4 N–H and O–H groups in total. The molecule has 7 nitrogen and oxygen atoms in total. The third-order valence-electron chi connectivity index (χ3n) is 3.91. The lowest BCUT2D eigenvalue weighted by Crippen LogP contribution is -2.73. The molecule has 1 heterocycles. The fourth-order valence-corrected chi connectivity index (χ4v) is 2.98.